The van der Waals surface area contributed by atoms with Gasteiger partial charge in [-0.1, -0.05) is 59.7 Å². The van der Waals surface area contributed by atoms with E-state index in [4.69, 9.17) is 4.42 Å². The van der Waals surface area contributed by atoms with E-state index in [1.165, 1.54) is 11.1 Å². The number of rotatable bonds is 10. The molecule has 10 rings (SSSR count). The van der Waals surface area contributed by atoms with Gasteiger partial charge in [-0.2, -0.15) is 0 Å². The fourth-order valence-corrected chi connectivity index (χ4v) is 7.85. The largest absolute Gasteiger partial charge is 0.456 e. The van der Waals surface area contributed by atoms with Gasteiger partial charge in [-0.05, 0) is 146 Å². The number of hydrogen-bond donors (Lipinski definition) is 0. The summed E-state index contributed by atoms with van der Waals surface area (Å²) < 4.78 is 6.44. The quantitative estimate of drug-likeness (QED) is 0.137. The number of furan rings is 1. The molecule has 0 unspecified atom stereocenters. The average molecular weight is 777 g/mol. The molecule has 4 aromatic heterocycles. The lowest BCUT2D eigenvalue weighted by molar-refractivity contribution is 0.669. The van der Waals surface area contributed by atoms with Gasteiger partial charge in [0, 0.05) is 99.1 Å². The molecule has 4 heterocycles. The van der Waals surface area contributed by atoms with Crippen LogP contribution in [-0.4, -0.2) is 15.0 Å². The van der Waals surface area contributed by atoms with Crippen molar-refractivity contribution < 1.29 is 4.42 Å². The standard InChI is InChI=1S/C53H40N6O/c1-37-3-11-41(12-4-37)57(45-23-29-54-30-24-45)43-15-7-39(8-16-43)40-9-17-44(18-10-40)59(47-27-33-56-34-28-47)49-20-22-53-51(36-49)50-35-48(19-21-52(50)60-53)58(46-25-31-55-32-26-46)42-13-5-38(2)6-14-42/h3-36H,1-2H3. The fourth-order valence-electron chi connectivity index (χ4n) is 7.85. The predicted octanol–water partition coefficient (Wildman–Crippen LogP) is 14.5. The smallest absolute Gasteiger partial charge is 0.135 e. The number of fused-ring (bicyclic) bond motifs is 3. The molecule has 0 spiro atoms. The van der Waals surface area contributed by atoms with Crippen molar-refractivity contribution in [3.8, 4) is 11.1 Å². The molecule has 0 amide bonds. The lowest BCUT2D eigenvalue weighted by atomic mass is 10.0. The summed E-state index contributed by atoms with van der Waals surface area (Å²) >= 11 is 0. The number of hydrogen-bond acceptors (Lipinski definition) is 7. The van der Waals surface area contributed by atoms with Crippen LogP contribution in [0.1, 0.15) is 11.1 Å². The number of aromatic nitrogens is 3. The van der Waals surface area contributed by atoms with Gasteiger partial charge in [0.1, 0.15) is 11.2 Å². The fraction of sp³-hybridized carbons (Fsp3) is 0.0377. The Balaban J connectivity index is 1.00. The molecule has 0 N–H and O–H groups in total. The van der Waals surface area contributed by atoms with Gasteiger partial charge in [0.2, 0.25) is 0 Å². The van der Waals surface area contributed by atoms with E-state index in [9.17, 15) is 0 Å². The van der Waals surface area contributed by atoms with Crippen LogP contribution in [0.2, 0.25) is 0 Å². The third kappa shape index (κ3) is 7.09. The maximum absolute atomic E-state index is 6.44. The molecule has 0 radical (unpaired) electrons. The van der Waals surface area contributed by atoms with Crippen molar-refractivity contribution in [2.24, 2.45) is 0 Å². The number of nitrogens with zero attached hydrogens (tertiary/aromatic N) is 6. The highest BCUT2D eigenvalue weighted by Crippen LogP contribution is 2.42. The van der Waals surface area contributed by atoms with Crippen LogP contribution in [0.4, 0.5) is 51.2 Å². The van der Waals surface area contributed by atoms with Crippen LogP contribution >= 0.6 is 0 Å². The number of benzene rings is 6. The molecule has 7 nitrogen and oxygen atoms in total. The van der Waals surface area contributed by atoms with Crippen LogP contribution in [0.5, 0.6) is 0 Å². The summed E-state index contributed by atoms with van der Waals surface area (Å²) in [5.41, 5.74) is 15.7. The molecule has 0 aliphatic rings. The van der Waals surface area contributed by atoms with E-state index in [1.54, 1.807) is 0 Å². The molecule has 0 aliphatic carbocycles. The van der Waals surface area contributed by atoms with E-state index >= 15 is 0 Å². The highest BCUT2D eigenvalue weighted by atomic mass is 16.3. The summed E-state index contributed by atoms with van der Waals surface area (Å²) in [5, 5.41) is 2.07. The summed E-state index contributed by atoms with van der Waals surface area (Å²) in [7, 11) is 0. The van der Waals surface area contributed by atoms with Crippen molar-refractivity contribution >= 4 is 73.1 Å². The lowest BCUT2D eigenvalue weighted by Crippen LogP contribution is -2.10. The van der Waals surface area contributed by atoms with Crippen molar-refractivity contribution in [3.63, 3.8) is 0 Å². The lowest BCUT2D eigenvalue weighted by Gasteiger charge is -2.26. The second-order valence-corrected chi connectivity index (χ2v) is 14.9. The minimum absolute atomic E-state index is 0.829. The zero-order chi connectivity index (χ0) is 40.4. The number of pyridine rings is 3. The molecular formula is C53H40N6O. The highest BCUT2D eigenvalue weighted by molar-refractivity contribution is 6.08. The minimum Gasteiger partial charge on any atom is -0.456 e. The van der Waals surface area contributed by atoms with E-state index in [0.717, 1.165) is 84.3 Å². The maximum atomic E-state index is 6.44. The van der Waals surface area contributed by atoms with Crippen LogP contribution in [0.3, 0.4) is 0 Å². The molecule has 0 fully saturated rings. The Morgan fingerprint density at radius 1 is 0.300 bits per heavy atom. The Labute approximate surface area is 349 Å². The SMILES string of the molecule is Cc1ccc(N(c2ccncc2)c2ccc(-c3ccc(N(c4ccncc4)c4ccc5oc6ccc(N(c7ccncc7)c7ccc(C)cc7)cc6c5c4)cc3)cc2)cc1. The highest BCUT2D eigenvalue weighted by Gasteiger charge is 2.19. The molecule has 60 heavy (non-hydrogen) atoms. The monoisotopic (exact) mass is 776 g/mol. The molecule has 6 aromatic carbocycles. The van der Waals surface area contributed by atoms with E-state index in [0.29, 0.717) is 0 Å². The molecular weight excluding hydrogens is 737 g/mol. The van der Waals surface area contributed by atoms with E-state index in [1.807, 2.05) is 73.6 Å². The van der Waals surface area contributed by atoms with Crippen LogP contribution in [0, 0.1) is 13.8 Å². The van der Waals surface area contributed by atoms with E-state index in [-0.39, 0.29) is 0 Å². The molecule has 0 saturated carbocycles. The Bertz CT molecular complexity index is 3030. The Kier molecular flexibility index (Phi) is 9.52. The molecule has 0 aliphatic heterocycles. The van der Waals surface area contributed by atoms with Crippen molar-refractivity contribution in [2.45, 2.75) is 13.8 Å². The maximum Gasteiger partial charge on any atom is 0.135 e. The normalized spacial score (nSPS) is 11.2. The molecule has 288 valence electrons. The van der Waals surface area contributed by atoms with Crippen LogP contribution in [0.25, 0.3) is 33.1 Å². The molecule has 0 bridgehead atoms. The van der Waals surface area contributed by atoms with Gasteiger partial charge in [0.05, 0.1) is 0 Å². The van der Waals surface area contributed by atoms with Gasteiger partial charge in [-0.25, -0.2) is 0 Å². The first-order valence-electron chi connectivity index (χ1n) is 20.0. The summed E-state index contributed by atoms with van der Waals surface area (Å²) in [5.74, 6) is 0. The Morgan fingerprint density at radius 2 is 0.567 bits per heavy atom. The molecule has 7 heteroatoms. The average Bonchev–Trinajstić information content (AvgIpc) is 3.67. The first-order chi connectivity index (χ1) is 29.6. The third-order valence-electron chi connectivity index (χ3n) is 10.9. The van der Waals surface area contributed by atoms with Crippen molar-refractivity contribution in [1.29, 1.82) is 0 Å². The summed E-state index contributed by atoms with van der Waals surface area (Å²) in [6.07, 6.45) is 11.0. The number of anilines is 9. The van der Waals surface area contributed by atoms with Gasteiger partial charge >= 0.3 is 0 Å². The van der Waals surface area contributed by atoms with Crippen molar-refractivity contribution in [3.05, 3.63) is 218 Å². The summed E-state index contributed by atoms with van der Waals surface area (Å²) in [6, 6.07) is 59.7. The zero-order valence-corrected chi connectivity index (χ0v) is 33.2. The van der Waals surface area contributed by atoms with Crippen LogP contribution in [0.15, 0.2) is 211 Å². The van der Waals surface area contributed by atoms with Gasteiger partial charge in [-0.3, -0.25) is 15.0 Å². The van der Waals surface area contributed by atoms with E-state index in [2.05, 4.69) is 177 Å². The number of aryl methyl sites for hydroxylation is 2. The topological polar surface area (TPSA) is 61.5 Å². The first kappa shape index (κ1) is 36.3. The predicted molar refractivity (Wildman–Crippen MR) is 246 cm³/mol. The van der Waals surface area contributed by atoms with Gasteiger partial charge in [0.15, 0.2) is 0 Å². The van der Waals surface area contributed by atoms with Gasteiger partial charge in [-0.15, -0.1) is 0 Å². The van der Waals surface area contributed by atoms with Crippen molar-refractivity contribution in [2.75, 3.05) is 14.7 Å². The Hall–Kier alpha value is -8.03. The van der Waals surface area contributed by atoms with E-state index < -0.39 is 0 Å². The third-order valence-corrected chi connectivity index (χ3v) is 10.9. The molecule has 0 saturated heterocycles. The molecule has 0 atom stereocenters. The second kappa shape index (κ2) is 15.7. The first-order valence-corrected chi connectivity index (χ1v) is 20.0. The summed E-state index contributed by atoms with van der Waals surface area (Å²) in [6.45, 7) is 4.22. The van der Waals surface area contributed by atoms with Gasteiger partial charge in [0.25, 0.3) is 0 Å². The van der Waals surface area contributed by atoms with Gasteiger partial charge < -0.3 is 19.1 Å². The van der Waals surface area contributed by atoms with Crippen LogP contribution in [-0.2, 0) is 0 Å². The molecule has 10 aromatic rings. The second-order valence-electron chi connectivity index (χ2n) is 14.9. The summed E-state index contributed by atoms with van der Waals surface area (Å²) in [4.78, 5) is 19.6. The zero-order valence-electron chi connectivity index (χ0n) is 33.2. The minimum atomic E-state index is 0.829. The van der Waals surface area contributed by atoms with Crippen LogP contribution < -0.4 is 14.7 Å². The van der Waals surface area contributed by atoms with Crippen molar-refractivity contribution in [1.82, 2.24) is 15.0 Å². The Morgan fingerprint density at radius 3 is 0.900 bits per heavy atom.